The number of rotatable bonds is 2. The van der Waals surface area contributed by atoms with Gasteiger partial charge in [0.15, 0.2) is 0 Å². The predicted octanol–water partition coefficient (Wildman–Crippen LogP) is 8.21. The van der Waals surface area contributed by atoms with Crippen LogP contribution in [0.5, 0.6) is 0 Å². The van der Waals surface area contributed by atoms with Crippen molar-refractivity contribution in [2.45, 2.75) is 119 Å². The molecule has 0 spiro atoms. The van der Waals surface area contributed by atoms with Crippen LogP contribution < -0.4 is 0 Å². The first kappa shape index (κ1) is 24.9. The Labute approximate surface area is 171 Å². The number of hydrogen-bond donors (Lipinski definition) is 0. The van der Waals surface area contributed by atoms with Gasteiger partial charge >= 0.3 is 0 Å². The van der Waals surface area contributed by atoms with E-state index >= 15 is 0 Å². The van der Waals surface area contributed by atoms with Crippen LogP contribution >= 0.6 is 18.5 Å². The third kappa shape index (κ3) is 3.95. The van der Waals surface area contributed by atoms with Crippen molar-refractivity contribution in [3.63, 3.8) is 0 Å². The van der Waals surface area contributed by atoms with Crippen molar-refractivity contribution in [2.75, 3.05) is 0 Å². The van der Waals surface area contributed by atoms with Crippen LogP contribution in [0.1, 0.15) is 109 Å². The van der Waals surface area contributed by atoms with Gasteiger partial charge in [0.2, 0.25) is 0 Å². The standard InChI is InChI=1S/C24H50P2/c1-19(2,3)23(25,20(4,5)6)17-15-13-14-16-18(17)24(26,21(7,8)9)22(10,11)12/h17-18H,13-16,25-26H2,1-12H3. The summed E-state index contributed by atoms with van der Waals surface area (Å²) in [7, 11) is 6.86. The van der Waals surface area contributed by atoms with Gasteiger partial charge in [0.05, 0.1) is 0 Å². The second-order valence-corrected chi connectivity index (χ2v) is 15.1. The Balaban J connectivity index is 3.68. The Kier molecular flexibility index (Phi) is 6.97. The minimum absolute atomic E-state index is 0.212. The Morgan fingerprint density at radius 2 is 0.654 bits per heavy atom. The summed E-state index contributed by atoms with van der Waals surface area (Å²) in [6.07, 6.45) is 5.51. The summed E-state index contributed by atoms with van der Waals surface area (Å²) in [6, 6.07) is 0. The second kappa shape index (κ2) is 7.28. The highest BCUT2D eigenvalue weighted by Gasteiger charge is 2.61. The summed E-state index contributed by atoms with van der Waals surface area (Å²) < 4.78 is 0. The van der Waals surface area contributed by atoms with E-state index in [2.05, 4.69) is 102 Å². The van der Waals surface area contributed by atoms with E-state index < -0.39 is 0 Å². The molecule has 0 saturated heterocycles. The maximum atomic E-state index is 3.43. The lowest BCUT2D eigenvalue weighted by atomic mass is 9.48. The van der Waals surface area contributed by atoms with Crippen LogP contribution in [0, 0.1) is 33.5 Å². The summed E-state index contributed by atoms with van der Waals surface area (Å²) in [6.45, 7) is 29.6. The Morgan fingerprint density at radius 3 is 0.808 bits per heavy atom. The van der Waals surface area contributed by atoms with Gasteiger partial charge in [-0.25, -0.2) is 0 Å². The van der Waals surface area contributed by atoms with Crippen LogP contribution in [0.25, 0.3) is 0 Å². The van der Waals surface area contributed by atoms with Gasteiger partial charge in [-0.05, 0) is 56.6 Å². The predicted molar refractivity (Wildman–Crippen MR) is 128 cm³/mol. The SMILES string of the molecule is CC(C)(C)C(P)(C1CCCCC1C(P)(C(C)(C)C)C(C)(C)C)C(C)(C)C. The maximum Gasteiger partial charge on any atom is -0.00226 e. The van der Waals surface area contributed by atoms with Crippen LogP contribution in [-0.4, -0.2) is 10.3 Å². The molecule has 0 aliphatic heterocycles. The highest BCUT2D eigenvalue weighted by atomic mass is 31.0. The summed E-state index contributed by atoms with van der Waals surface area (Å²) in [5.74, 6) is 1.44. The molecule has 0 heterocycles. The fourth-order valence-corrected chi connectivity index (χ4v) is 7.49. The molecule has 2 heteroatoms. The first-order valence-corrected chi connectivity index (χ1v) is 12.0. The molecule has 26 heavy (non-hydrogen) atoms. The molecule has 1 saturated carbocycles. The van der Waals surface area contributed by atoms with Gasteiger partial charge in [-0.1, -0.05) is 95.9 Å². The Morgan fingerprint density at radius 1 is 0.462 bits per heavy atom. The van der Waals surface area contributed by atoms with Gasteiger partial charge in [-0.2, -0.15) is 0 Å². The molecule has 156 valence electrons. The van der Waals surface area contributed by atoms with E-state index in [1.54, 1.807) is 0 Å². The van der Waals surface area contributed by atoms with Gasteiger partial charge in [0.25, 0.3) is 0 Å². The van der Waals surface area contributed by atoms with Crippen molar-refractivity contribution >= 4 is 18.5 Å². The highest BCUT2D eigenvalue weighted by molar-refractivity contribution is 7.19. The van der Waals surface area contributed by atoms with Crippen LogP contribution in [0.4, 0.5) is 0 Å². The molecule has 0 aromatic heterocycles. The molecule has 0 nitrogen and oxygen atoms in total. The minimum atomic E-state index is 0.212. The van der Waals surface area contributed by atoms with Crippen molar-refractivity contribution in [3.8, 4) is 0 Å². The van der Waals surface area contributed by atoms with Crippen molar-refractivity contribution in [1.82, 2.24) is 0 Å². The fraction of sp³-hybridized carbons (Fsp3) is 1.00. The lowest BCUT2D eigenvalue weighted by Gasteiger charge is -2.65. The fourth-order valence-electron chi connectivity index (χ4n) is 6.70. The molecule has 0 bridgehead atoms. The van der Waals surface area contributed by atoms with E-state index in [0.29, 0.717) is 0 Å². The molecule has 1 aliphatic carbocycles. The molecule has 0 radical (unpaired) electrons. The highest BCUT2D eigenvalue weighted by Crippen LogP contribution is 2.66. The zero-order chi connectivity index (χ0) is 21.0. The molecular formula is C24H50P2. The van der Waals surface area contributed by atoms with E-state index in [-0.39, 0.29) is 32.0 Å². The zero-order valence-electron chi connectivity index (χ0n) is 20.1. The number of hydrogen-bond acceptors (Lipinski definition) is 0. The molecule has 0 N–H and O–H groups in total. The molecule has 0 aromatic rings. The summed E-state index contributed by atoms with van der Waals surface area (Å²) in [5.41, 5.74) is 0.990. The van der Waals surface area contributed by atoms with Crippen LogP contribution in [0.3, 0.4) is 0 Å². The Hall–Kier alpha value is 0.860. The molecule has 0 amide bonds. The van der Waals surface area contributed by atoms with Gasteiger partial charge in [-0.15, -0.1) is 18.5 Å². The average Bonchev–Trinajstić information content (AvgIpc) is 2.40. The first-order chi connectivity index (χ1) is 11.2. The molecule has 1 aliphatic rings. The van der Waals surface area contributed by atoms with Gasteiger partial charge < -0.3 is 0 Å². The third-order valence-corrected chi connectivity index (χ3v) is 12.2. The van der Waals surface area contributed by atoms with Crippen molar-refractivity contribution in [2.24, 2.45) is 33.5 Å². The third-order valence-electron chi connectivity index (χ3n) is 7.90. The Bertz CT molecular complexity index is 402. The summed E-state index contributed by atoms with van der Waals surface area (Å²) in [4.78, 5) is 0. The van der Waals surface area contributed by atoms with E-state index in [1.807, 2.05) is 0 Å². The molecule has 0 aromatic carbocycles. The second-order valence-electron chi connectivity index (χ2n) is 13.2. The van der Waals surface area contributed by atoms with Gasteiger partial charge in [0, 0.05) is 0 Å². The van der Waals surface area contributed by atoms with Gasteiger partial charge in [0.1, 0.15) is 0 Å². The van der Waals surface area contributed by atoms with Gasteiger partial charge in [-0.3, -0.25) is 0 Å². The van der Waals surface area contributed by atoms with Crippen LogP contribution in [0.15, 0.2) is 0 Å². The molecule has 1 fully saturated rings. The average molecular weight is 401 g/mol. The van der Waals surface area contributed by atoms with E-state index in [4.69, 9.17) is 0 Å². The maximum absolute atomic E-state index is 3.43. The van der Waals surface area contributed by atoms with Crippen molar-refractivity contribution < 1.29 is 0 Å². The van der Waals surface area contributed by atoms with Crippen LogP contribution in [-0.2, 0) is 0 Å². The van der Waals surface area contributed by atoms with E-state index in [9.17, 15) is 0 Å². The zero-order valence-corrected chi connectivity index (χ0v) is 22.4. The quantitative estimate of drug-likeness (QED) is 0.410. The minimum Gasteiger partial charge on any atom is -0.130 e. The topological polar surface area (TPSA) is 0 Å². The molecule has 1 rings (SSSR count). The summed E-state index contributed by atoms with van der Waals surface area (Å²) in [5, 5.41) is 0.423. The lowest BCUT2D eigenvalue weighted by Crippen LogP contribution is -2.63. The van der Waals surface area contributed by atoms with E-state index in [0.717, 1.165) is 11.8 Å². The summed E-state index contributed by atoms with van der Waals surface area (Å²) >= 11 is 0. The van der Waals surface area contributed by atoms with Crippen LogP contribution in [0.2, 0.25) is 0 Å². The first-order valence-electron chi connectivity index (χ1n) is 10.8. The normalized spacial score (nSPS) is 24.7. The van der Waals surface area contributed by atoms with E-state index in [1.165, 1.54) is 25.7 Å². The lowest BCUT2D eigenvalue weighted by molar-refractivity contribution is -0.0332. The molecule has 4 atom stereocenters. The molecule has 4 unspecified atom stereocenters. The smallest absolute Gasteiger partial charge is 0.00226 e. The monoisotopic (exact) mass is 400 g/mol. The largest absolute Gasteiger partial charge is 0.130 e. The van der Waals surface area contributed by atoms with Crippen molar-refractivity contribution in [3.05, 3.63) is 0 Å². The van der Waals surface area contributed by atoms with Crippen molar-refractivity contribution in [1.29, 1.82) is 0 Å². The molecular weight excluding hydrogens is 350 g/mol.